The van der Waals surface area contributed by atoms with Gasteiger partial charge in [-0.3, -0.25) is 4.98 Å². The number of nitrogens with zero attached hydrogens (tertiary/aromatic N) is 4. The van der Waals surface area contributed by atoms with Gasteiger partial charge in [-0.25, -0.2) is 9.50 Å². The first-order valence-electron chi connectivity index (χ1n) is 8.89. The Balaban J connectivity index is 1.49. The van der Waals surface area contributed by atoms with Crippen molar-refractivity contribution in [3.05, 3.63) is 42.9 Å². The maximum absolute atomic E-state index is 9.67. The minimum atomic E-state index is -0.147. The Morgan fingerprint density at radius 1 is 1.12 bits per heavy atom. The molecule has 0 bridgehead atoms. The molecule has 0 aromatic carbocycles. The number of imidazole rings is 1. The van der Waals surface area contributed by atoms with Crippen LogP contribution in [0.25, 0.3) is 26.3 Å². The molecule has 0 spiro atoms. The topological polar surface area (TPSA) is 75.3 Å². The Hall–Kier alpha value is -2.51. The summed E-state index contributed by atoms with van der Waals surface area (Å²) in [6.45, 7) is 0. The number of hydrogen-bond acceptors (Lipinski definition) is 6. The average molecular weight is 365 g/mol. The van der Waals surface area contributed by atoms with Gasteiger partial charge in [-0.05, 0) is 49.9 Å². The molecule has 2 N–H and O–H groups in total. The average Bonchev–Trinajstić information content (AvgIpc) is 3.26. The van der Waals surface area contributed by atoms with Gasteiger partial charge in [-0.2, -0.15) is 0 Å². The number of pyridine rings is 1. The van der Waals surface area contributed by atoms with E-state index < -0.39 is 0 Å². The summed E-state index contributed by atoms with van der Waals surface area (Å²) >= 11 is 1.72. The standard InChI is InChI=1S/C19H19N5OS/c25-14-3-1-13(2-4-14)22-18-5-6-19-21-11-15(24(19)23-18)17-9-12-10-20-8-7-16(12)26-17/h5-11,13-14,25H,1-4H2,(H,22,23). The minimum absolute atomic E-state index is 0.147. The maximum Gasteiger partial charge on any atom is 0.154 e. The van der Waals surface area contributed by atoms with Crippen LogP contribution in [0.2, 0.25) is 0 Å². The molecule has 0 amide bonds. The highest BCUT2D eigenvalue weighted by atomic mass is 32.1. The molecule has 6 nitrogen and oxygen atoms in total. The van der Waals surface area contributed by atoms with Crippen molar-refractivity contribution in [2.24, 2.45) is 0 Å². The van der Waals surface area contributed by atoms with Crippen LogP contribution in [0.1, 0.15) is 25.7 Å². The largest absolute Gasteiger partial charge is 0.393 e. The summed E-state index contributed by atoms with van der Waals surface area (Å²) in [6.07, 6.45) is 9.09. The van der Waals surface area contributed by atoms with Gasteiger partial charge in [0.2, 0.25) is 0 Å². The number of hydrogen-bond donors (Lipinski definition) is 2. The van der Waals surface area contributed by atoms with Crippen molar-refractivity contribution in [1.29, 1.82) is 0 Å². The smallest absolute Gasteiger partial charge is 0.154 e. The molecule has 1 saturated carbocycles. The van der Waals surface area contributed by atoms with Gasteiger partial charge in [-0.1, -0.05) is 0 Å². The zero-order valence-electron chi connectivity index (χ0n) is 14.2. The highest BCUT2D eigenvalue weighted by molar-refractivity contribution is 7.22. The van der Waals surface area contributed by atoms with Crippen molar-refractivity contribution >= 4 is 32.9 Å². The lowest BCUT2D eigenvalue weighted by Crippen LogP contribution is -2.28. The van der Waals surface area contributed by atoms with E-state index in [9.17, 15) is 5.11 Å². The lowest BCUT2D eigenvalue weighted by molar-refractivity contribution is 0.126. The third-order valence-electron chi connectivity index (χ3n) is 4.98. The van der Waals surface area contributed by atoms with E-state index in [0.29, 0.717) is 6.04 Å². The summed E-state index contributed by atoms with van der Waals surface area (Å²) in [4.78, 5) is 9.82. The number of rotatable bonds is 3. The molecule has 0 radical (unpaired) electrons. The highest BCUT2D eigenvalue weighted by Gasteiger charge is 2.20. The molecule has 132 valence electrons. The first-order valence-corrected chi connectivity index (χ1v) is 9.71. The molecule has 0 atom stereocenters. The number of aromatic nitrogens is 4. The second kappa shape index (κ2) is 6.34. The number of fused-ring (bicyclic) bond motifs is 2. The van der Waals surface area contributed by atoms with E-state index in [1.807, 2.05) is 41.3 Å². The van der Waals surface area contributed by atoms with Crippen molar-refractivity contribution in [3.8, 4) is 10.6 Å². The predicted octanol–water partition coefficient (Wildman–Crippen LogP) is 3.72. The summed E-state index contributed by atoms with van der Waals surface area (Å²) < 4.78 is 3.11. The van der Waals surface area contributed by atoms with E-state index in [-0.39, 0.29) is 6.10 Å². The molecule has 1 fully saturated rings. The lowest BCUT2D eigenvalue weighted by atomic mass is 9.93. The Labute approximate surface area is 154 Å². The van der Waals surface area contributed by atoms with Crippen LogP contribution >= 0.6 is 11.3 Å². The zero-order chi connectivity index (χ0) is 17.5. The normalized spacial score (nSPS) is 20.7. The van der Waals surface area contributed by atoms with Crippen molar-refractivity contribution in [2.45, 2.75) is 37.8 Å². The van der Waals surface area contributed by atoms with Crippen LogP contribution < -0.4 is 5.32 Å². The molecule has 4 aromatic heterocycles. The molecule has 1 aliphatic carbocycles. The summed E-state index contributed by atoms with van der Waals surface area (Å²) in [6, 6.07) is 8.51. The van der Waals surface area contributed by atoms with Crippen molar-refractivity contribution in [3.63, 3.8) is 0 Å². The number of aliphatic hydroxyl groups excluding tert-OH is 1. The molecular weight excluding hydrogens is 346 g/mol. The van der Waals surface area contributed by atoms with Gasteiger partial charge in [0.15, 0.2) is 5.65 Å². The highest BCUT2D eigenvalue weighted by Crippen LogP contribution is 2.33. The van der Waals surface area contributed by atoms with E-state index >= 15 is 0 Å². The van der Waals surface area contributed by atoms with Gasteiger partial charge >= 0.3 is 0 Å². The SMILES string of the molecule is OC1CCC(Nc2ccc3ncc(-c4cc5cnccc5s4)n3n2)CC1. The summed E-state index contributed by atoms with van der Waals surface area (Å²) in [5, 5.41) is 19.1. The van der Waals surface area contributed by atoms with Crippen molar-refractivity contribution < 1.29 is 5.11 Å². The van der Waals surface area contributed by atoms with Gasteiger partial charge in [0, 0.05) is 28.5 Å². The molecule has 0 aliphatic heterocycles. The molecular formula is C19H19N5OS. The van der Waals surface area contributed by atoms with Crippen LogP contribution in [0.4, 0.5) is 5.82 Å². The summed E-state index contributed by atoms with van der Waals surface area (Å²) in [5.41, 5.74) is 1.82. The molecule has 5 rings (SSSR count). The van der Waals surface area contributed by atoms with E-state index in [0.717, 1.165) is 53.1 Å². The molecule has 1 aliphatic rings. The Morgan fingerprint density at radius 3 is 2.85 bits per heavy atom. The number of nitrogens with one attached hydrogen (secondary N) is 1. The fourth-order valence-electron chi connectivity index (χ4n) is 3.56. The van der Waals surface area contributed by atoms with Crippen molar-refractivity contribution in [2.75, 3.05) is 5.32 Å². The third-order valence-corrected chi connectivity index (χ3v) is 6.12. The Bertz CT molecular complexity index is 1030. The van der Waals surface area contributed by atoms with Crippen LogP contribution in [0.15, 0.2) is 42.9 Å². The van der Waals surface area contributed by atoms with E-state index in [2.05, 4.69) is 21.4 Å². The fraction of sp³-hybridized carbons (Fsp3) is 0.316. The quantitative estimate of drug-likeness (QED) is 0.579. The molecule has 0 saturated heterocycles. The second-order valence-electron chi connectivity index (χ2n) is 6.81. The number of thiophene rings is 1. The third kappa shape index (κ3) is 2.83. The molecule has 0 unspecified atom stereocenters. The lowest BCUT2D eigenvalue weighted by Gasteiger charge is -2.26. The molecule has 4 aromatic rings. The second-order valence-corrected chi connectivity index (χ2v) is 7.89. The van der Waals surface area contributed by atoms with Crippen LogP contribution in [0.5, 0.6) is 0 Å². The van der Waals surface area contributed by atoms with Gasteiger partial charge in [0.25, 0.3) is 0 Å². The van der Waals surface area contributed by atoms with E-state index in [4.69, 9.17) is 5.10 Å². The fourth-order valence-corrected chi connectivity index (χ4v) is 4.58. The van der Waals surface area contributed by atoms with E-state index in [1.54, 1.807) is 11.3 Å². The van der Waals surface area contributed by atoms with Crippen molar-refractivity contribution in [1.82, 2.24) is 19.6 Å². The Kier molecular flexibility index (Phi) is 3.83. The van der Waals surface area contributed by atoms with Crippen LogP contribution in [-0.2, 0) is 0 Å². The van der Waals surface area contributed by atoms with Crippen LogP contribution in [-0.4, -0.2) is 36.8 Å². The summed E-state index contributed by atoms with van der Waals surface area (Å²) in [7, 11) is 0. The van der Waals surface area contributed by atoms with Gasteiger partial charge in [0.05, 0.1) is 17.2 Å². The van der Waals surface area contributed by atoms with Gasteiger partial charge < -0.3 is 10.4 Å². The van der Waals surface area contributed by atoms with Crippen LogP contribution in [0.3, 0.4) is 0 Å². The summed E-state index contributed by atoms with van der Waals surface area (Å²) in [5.74, 6) is 0.848. The van der Waals surface area contributed by atoms with Gasteiger partial charge in [-0.15, -0.1) is 16.4 Å². The first kappa shape index (κ1) is 15.7. The maximum atomic E-state index is 9.67. The molecule has 7 heteroatoms. The molecule has 4 heterocycles. The minimum Gasteiger partial charge on any atom is -0.393 e. The first-order chi connectivity index (χ1) is 12.8. The monoisotopic (exact) mass is 365 g/mol. The van der Waals surface area contributed by atoms with Crippen LogP contribution in [0, 0.1) is 0 Å². The van der Waals surface area contributed by atoms with Gasteiger partial charge in [0.1, 0.15) is 11.5 Å². The molecule has 26 heavy (non-hydrogen) atoms. The predicted molar refractivity (Wildman–Crippen MR) is 103 cm³/mol. The van der Waals surface area contributed by atoms with E-state index in [1.165, 1.54) is 4.70 Å². The number of anilines is 1. The number of aliphatic hydroxyl groups is 1. The Morgan fingerprint density at radius 2 is 2.00 bits per heavy atom. The zero-order valence-corrected chi connectivity index (χ0v) is 15.0.